The van der Waals surface area contributed by atoms with Crippen LogP contribution in [0.4, 0.5) is 10.1 Å². The first-order valence-corrected chi connectivity index (χ1v) is 5.44. The van der Waals surface area contributed by atoms with Crippen LogP contribution in [0.25, 0.3) is 0 Å². The zero-order chi connectivity index (χ0) is 12.8. The van der Waals surface area contributed by atoms with Gasteiger partial charge in [0, 0.05) is 25.9 Å². The van der Waals surface area contributed by atoms with E-state index in [2.05, 4.69) is 0 Å². The van der Waals surface area contributed by atoms with Crippen molar-refractivity contribution in [2.75, 3.05) is 32.5 Å². The van der Waals surface area contributed by atoms with Crippen molar-refractivity contribution in [3.63, 3.8) is 0 Å². The van der Waals surface area contributed by atoms with E-state index in [1.54, 1.807) is 7.05 Å². The molecule has 0 aliphatic carbocycles. The molecule has 0 unspecified atom stereocenters. The van der Waals surface area contributed by atoms with Gasteiger partial charge in [-0.3, -0.25) is 4.79 Å². The fourth-order valence-corrected chi connectivity index (χ4v) is 1.38. The third kappa shape index (κ3) is 3.71. The highest BCUT2D eigenvalue weighted by Crippen LogP contribution is 2.15. The minimum absolute atomic E-state index is 0.151. The standard InChI is InChI=1S/C12H17FN2O2/c1-3-17-7-6-15(2)12(16)10-5-4-9(13)8-11(10)14/h4-5,8H,3,6-7,14H2,1-2H3. The molecule has 0 aliphatic rings. The van der Waals surface area contributed by atoms with Crippen molar-refractivity contribution in [1.29, 1.82) is 0 Å². The molecule has 1 amide bonds. The Balaban J connectivity index is 2.68. The number of nitrogen functional groups attached to an aromatic ring is 1. The van der Waals surface area contributed by atoms with Gasteiger partial charge >= 0.3 is 0 Å². The summed E-state index contributed by atoms with van der Waals surface area (Å²) in [6.07, 6.45) is 0. The molecule has 0 radical (unpaired) electrons. The number of likely N-dealkylation sites (N-methyl/N-ethyl adjacent to an activating group) is 1. The van der Waals surface area contributed by atoms with E-state index < -0.39 is 5.82 Å². The lowest BCUT2D eigenvalue weighted by Crippen LogP contribution is -2.30. The molecule has 0 aliphatic heterocycles. The van der Waals surface area contributed by atoms with Crippen LogP contribution in [0.3, 0.4) is 0 Å². The largest absolute Gasteiger partial charge is 0.398 e. The minimum atomic E-state index is -0.448. The Hall–Kier alpha value is -1.62. The van der Waals surface area contributed by atoms with E-state index in [1.807, 2.05) is 6.92 Å². The number of nitrogens with two attached hydrogens (primary N) is 1. The number of halogens is 1. The average molecular weight is 240 g/mol. The van der Waals surface area contributed by atoms with Crippen molar-refractivity contribution in [3.05, 3.63) is 29.6 Å². The molecule has 0 bridgehead atoms. The number of benzene rings is 1. The number of anilines is 1. The van der Waals surface area contributed by atoms with Gasteiger partial charge < -0.3 is 15.4 Å². The van der Waals surface area contributed by atoms with Gasteiger partial charge in [-0.1, -0.05) is 0 Å². The average Bonchev–Trinajstić information content (AvgIpc) is 2.28. The fourth-order valence-electron chi connectivity index (χ4n) is 1.38. The van der Waals surface area contributed by atoms with E-state index >= 15 is 0 Å². The summed E-state index contributed by atoms with van der Waals surface area (Å²) < 4.78 is 18.0. The Morgan fingerprint density at radius 2 is 2.24 bits per heavy atom. The highest BCUT2D eigenvalue weighted by molar-refractivity contribution is 5.98. The molecule has 0 heterocycles. The zero-order valence-electron chi connectivity index (χ0n) is 10.1. The monoisotopic (exact) mass is 240 g/mol. The topological polar surface area (TPSA) is 55.6 Å². The molecule has 1 aromatic rings. The highest BCUT2D eigenvalue weighted by atomic mass is 19.1. The summed E-state index contributed by atoms with van der Waals surface area (Å²) in [7, 11) is 1.66. The summed E-state index contributed by atoms with van der Waals surface area (Å²) in [5.74, 6) is -0.682. The van der Waals surface area contributed by atoms with Crippen LogP contribution in [0.2, 0.25) is 0 Å². The van der Waals surface area contributed by atoms with Crippen molar-refractivity contribution >= 4 is 11.6 Å². The summed E-state index contributed by atoms with van der Waals surface area (Å²) in [6.45, 7) is 3.45. The number of hydrogen-bond donors (Lipinski definition) is 1. The molecule has 0 saturated carbocycles. The maximum Gasteiger partial charge on any atom is 0.255 e. The van der Waals surface area contributed by atoms with Crippen molar-refractivity contribution in [3.8, 4) is 0 Å². The second-order valence-corrected chi connectivity index (χ2v) is 3.66. The number of carbonyl (C=O) groups is 1. The number of amides is 1. The quantitative estimate of drug-likeness (QED) is 0.627. The van der Waals surface area contributed by atoms with Crippen molar-refractivity contribution in [2.45, 2.75) is 6.92 Å². The molecule has 4 nitrogen and oxygen atoms in total. The lowest BCUT2D eigenvalue weighted by molar-refractivity contribution is 0.0711. The van der Waals surface area contributed by atoms with Crippen molar-refractivity contribution in [1.82, 2.24) is 4.90 Å². The van der Waals surface area contributed by atoms with Gasteiger partial charge in [0.05, 0.1) is 12.2 Å². The second kappa shape index (κ2) is 6.20. The van der Waals surface area contributed by atoms with Gasteiger partial charge in [0.2, 0.25) is 0 Å². The maximum absolute atomic E-state index is 12.8. The Morgan fingerprint density at radius 1 is 1.53 bits per heavy atom. The maximum atomic E-state index is 12.8. The number of rotatable bonds is 5. The second-order valence-electron chi connectivity index (χ2n) is 3.66. The van der Waals surface area contributed by atoms with Crippen LogP contribution in [0.1, 0.15) is 17.3 Å². The molecule has 17 heavy (non-hydrogen) atoms. The van der Waals surface area contributed by atoms with Gasteiger partial charge in [-0.25, -0.2) is 4.39 Å². The molecular formula is C12H17FN2O2. The Labute approximate surface area is 100 Å². The Morgan fingerprint density at radius 3 is 2.82 bits per heavy atom. The van der Waals surface area contributed by atoms with E-state index in [9.17, 15) is 9.18 Å². The first-order chi connectivity index (χ1) is 8.06. The van der Waals surface area contributed by atoms with E-state index in [4.69, 9.17) is 10.5 Å². The third-order valence-corrected chi connectivity index (χ3v) is 2.37. The van der Waals surface area contributed by atoms with Crippen LogP contribution in [-0.4, -0.2) is 37.6 Å². The smallest absolute Gasteiger partial charge is 0.255 e. The number of hydrogen-bond acceptors (Lipinski definition) is 3. The van der Waals surface area contributed by atoms with E-state index in [0.29, 0.717) is 25.3 Å². The molecule has 1 rings (SSSR count). The molecule has 2 N–H and O–H groups in total. The summed E-state index contributed by atoms with van der Waals surface area (Å²) in [5.41, 5.74) is 6.06. The highest BCUT2D eigenvalue weighted by Gasteiger charge is 2.14. The van der Waals surface area contributed by atoms with Gasteiger partial charge in [-0.15, -0.1) is 0 Å². The SMILES string of the molecule is CCOCCN(C)C(=O)c1ccc(F)cc1N. The summed E-state index contributed by atoms with van der Waals surface area (Å²) in [5, 5.41) is 0. The Kier molecular flexibility index (Phi) is 4.90. The van der Waals surface area contributed by atoms with Gasteiger partial charge in [0.1, 0.15) is 5.82 Å². The van der Waals surface area contributed by atoms with Gasteiger partial charge in [0.15, 0.2) is 0 Å². The van der Waals surface area contributed by atoms with Crippen LogP contribution in [0.5, 0.6) is 0 Å². The lowest BCUT2D eigenvalue weighted by atomic mass is 10.1. The number of ether oxygens (including phenoxy) is 1. The molecule has 5 heteroatoms. The van der Waals surface area contributed by atoms with Crippen LogP contribution < -0.4 is 5.73 Å². The molecule has 1 aromatic carbocycles. The third-order valence-electron chi connectivity index (χ3n) is 2.37. The predicted molar refractivity (Wildman–Crippen MR) is 64.3 cm³/mol. The molecule has 0 aromatic heterocycles. The molecular weight excluding hydrogens is 223 g/mol. The fraction of sp³-hybridized carbons (Fsp3) is 0.417. The zero-order valence-corrected chi connectivity index (χ0v) is 10.1. The first kappa shape index (κ1) is 13.4. The normalized spacial score (nSPS) is 10.3. The predicted octanol–water partition coefficient (Wildman–Crippen LogP) is 1.52. The summed E-state index contributed by atoms with van der Waals surface area (Å²) in [6, 6.07) is 3.76. The van der Waals surface area contributed by atoms with Crippen molar-refractivity contribution in [2.24, 2.45) is 0 Å². The lowest BCUT2D eigenvalue weighted by Gasteiger charge is -2.17. The Bertz CT molecular complexity index is 396. The number of carbonyl (C=O) groups excluding carboxylic acids is 1. The molecule has 0 atom stereocenters. The van der Waals surface area contributed by atoms with E-state index in [0.717, 1.165) is 6.07 Å². The molecule has 0 saturated heterocycles. The molecule has 0 spiro atoms. The van der Waals surface area contributed by atoms with Gasteiger partial charge in [-0.2, -0.15) is 0 Å². The van der Waals surface area contributed by atoms with Crippen LogP contribution in [0.15, 0.2) is 18.2 Å². The van der Waals surface area contributed by atoms with Crippen LogP contribution >= 0.6 is 0 Å². The van der Waals surface area contributed by atoms with E-state index in [1.165, 1.54) is 17.0 Å². The molecule has 94 valence electrons. The van der Waals surface area contributed by atoms with Crippen molar-refractivity contribution < 1.29 is 13.9 Å². The molecule has 0 fully saturated rings. The van der Waals surface area contributed by atoms with Crippen LogP contribution in [-0.2, 0) is 4.74 Å². The summed E-state index contributed by atoms with van der Waals surface area (Å²) >= 11 is 0. The number of nitrogens with zero attached hydrogens (tertiary/aromatic N) is 1. The first-order valence-electron chi connectivity index (χ1n) is 5.44. The van der Waals surface area contributed by atoms with E-state index in [-0.39, 0.29) is 11.6 Å². The van der Waals surface area contributed by atoms with Gasteiger partial charge in [0.25, 0.3) is 5.91 Å². The van der Waals surface area contributed by atoms with Crippen LogP contribution in [0, 0.1) is 5.82 Å². The summed E-state index contributed by atoms with van der Waals surface area (Å²) in [4.78, 5) is 13.4. The van der Waals surface area contributed by atoms with Gasteiger partial charge in [-0.05, 0) is 25.1 Å². The minimum Gasteiger partial charge on any atom is -0.398 e.